The van der Waals surface area contributed by atoms with Gasteiger partial charge in [-0.25, -0.2) is 9.97 Å². The van der Waals surface area contributed by atoms with Crippen LogP contribution in [-0.4, -0.2) is 27.9 Å². The lowest BCUT2D eigenvalue weighted by Crippen LogP contribution is -2.27. The minimum absolute atomic E-state index is 0.0813. The van der Waals surface area contributed by atoms with E-state index in [1.807, 2.05) is 6.92 Å². The van der Waals surface area contributed by atoms with E-state index in [1.54, 1.807) is 13.2 Å². The van der Waals surface area contributed by atoms with Crippen LogP contribution < -0.4 is 4.90 Å². The van der Waals surface area contributed by atoms with E-state index in [9.17, 15) is 18.0 Å². The lowest BCUT2D eigenvalue weighted by atomic mass is 10.1. The number of aryl methyl sites for hydroxylation is 1. The first-order valence-corrected chi connectivity index (χ1v) is 8.27. The van der Waals surface area contributed by atoms with Gasteiger partial charge in [-0.3, -0.25) is 14.7 Å². The molecule has 0 saturated heterocycles. The van der Waals surface area contributed by atoms with Crippen LogP contribution in [0, 0.1) is 6.92 Å². The number of halogens is 3. The molecule has 2 heterocycles. The molecule has 0 atom stereocenters. The number of amides is 1. The van der Waals surface area contributed by atoms with E-state index in [1.165, 1.54) is 40.8 Å². The maximum atomic E-state index is 12.7. The number of carbonyl (C=O) groups is 1. The lowest BCUT2D eigenvalue weighted by Gasteiger charge is -2.13. The minimum Gasteiger partial charge on any atom is -0.286 e. The van der Waals surface area contributed by atoms with Crippen LogP contribution in [0.3, 0.4) is 0 Å². The van der Waals surface area contributed by atoms with Crippen molar-refractivity contribution in [2.45, 2.75) is 13.1 Å². The average Bonchev–Trinajstić information content (AvgIpc) is 3.06. The number of hydrogen-bond donors (Lipinski definition) is 0. The molecule has 26 heavy (non-hydrogen) atoms. The Kier molecular flexibility index (Phi) is 4.73. The van der Waals surface area contributed by atoms with Crippen LogP contribution in [0.1, 0.15) is 20.9 Å². The molecular weight excluding hydrogens is 365 g/mol. The van der Waals surface area contributed by atoms with E-state index in [0.717, 1.165) is 17.0 Å². The Labute approximate surface area is 151 Å². The van der Waals surface area contributed by atoms with E-state index >= 15 is 0 Å². The summed E-state index contributed by atoms with van der Waals surface area (Å²) in [5, 5.41) is 0.522. The van der Waals surface area contributed by atoms with Crippen LogP contribution in [0.4, 0.5) is 18.3 Å². The number of benzene rings is 1. The molecule has 0 radical (unpaired) electrons. The molecule has 0 saturated carbocycles. The number of rotatable bonds is 3. The van der Waals surface area contributed by atoms with E-state index in [2.05, 4.69) is 15.0 Å². The number of thiazole rings is 1. The Balaban J connectivity index is 1.87. The van der Waals surface area contributed by atoms with Crippen LogP contribution in [0.2, 0.25) is 0 Å². The normalized spacial score (nSPS) is 11.4. The van der Waals surface area contributed by atoms with Crippen molar-refractivity contribution in [2.24, 2.45) is 0 Å². The van der Waals surface area contributed by atoms with E-state index in [4.69, 9.17) is 0 Å². The molecule has 2 aromatic heterocycles. The van der Waals surface area contributed by atoms with Gasteiger partial charge in [-0.2, -0.15) is 13.2 Å². The molecule has 0 aliphatic carbocycles. The highest BCUT2D eigenvalue weighted by molar-refractivity contribution is 7.15. The summed E-state index contributed by atoms with van der Waals surface area (Å²) in [5.41, 5.74) is 0.0826. The molecule has 5 nitrogen and oxygen atoms in total. The first-order valence-electron chi connectivity index (χ1n) is 7.46. The van der Waals surface area contributed by atoms with Crippen molar-refractivity contribution in [3.8, 4) is 11.3 Å². The van der Waals surface area contributed by atoms with Crippen LogP contribution in [0.15, 0.2) is 42.9 Å². The summed E-state index contributed by atoms with van der Waals surface area (Å²) >= 11 is 1.36. The fraction of sp³-hybridized carbons (Fsp3) is 0.176. The number of carbonyl (C=O) groups excluding carboxylic acids is 1. The van der Waals surface area contributed by atoms with Crippen LogP contribution in [0.25, 0.3) is 11.3 Å². The molecule has 0 unspecified atom stereocenters. The molecule has 0 aliphatic heterocycles. The van der Waals surface area contributed by atoms with Gasteiger partial charge >= 0.3 is 6.18 Å². The third-order valence-corrected chi connectivity index (χ3v) is 4.55. The number of hydrogen-bond acceptors (Lipinski definition) is 5. The Bertz CT molecular complexity index is 938. The first-order chi connectivity index (χ1) is 12.3. The summed E-state index contributed by atoms with van der Waals surface area (Å²) < 4.78 is 38.0. The van der Waals surface area contributed by atoms with Crippen LogP contribution >= 0.6 is 11.3 Å². The zero-order valence-electron chi connectivity index (χ0n) is 13.8. The van der Waals surface area contributed by atoms with Crippen LogP contribution in [0.5, 0.6) is 0 Å². The number of alkyl halides is 3. The largest absolute Gasteiger partial charge is 0.416 e. The van der Waals surface area contributed by atoms with E-state index in [-0.39, 0.29) is 5.69 Å². The SMILES string of the molecule is Cc1cnc(N(C)C(=O)c2cncc(-c3ccc(C(F)(F)F)cc3)n2)s1. The topological polar surface area (TPSA) is 59.0 Å². The first kappa shape index (κ1) is 18.0. The molecule has 0 N–H and O–H groups in total. The Morgan fingerprint density at radius 1 is 1.12 bits per heavy atom. The Morgan fingerprint density at radius 3 is 2.38 bits per heavy atom. The maximum absolute atomic E-state index is 12.7. The number of nitrogens with zero attached hydrogens (tertiary/aromatic N) is 4. The molecule has 1 amide bonds. The van der Waals surface area contributed by atoms with Crippen molar-refractivity contribution >= 4 is 22.4 Å². The van der Waals surface area contributed by atoms with E-state index in [0.29, 0.717) is 16.4 Å². The second kappa shape index (κ2) is 6.83. The zero-order chi connectivity index (χ0) is 18.9. The third-order valence-electron chi connectivity index (χ3n) is 3.56. The lowest BCUT2D eigenvalue weighted by molar-refractivity contribution is -0.137. The second-order valence-electron chi connectivity index (χ2n) is 5.48. The van der Waals surface area contributed by atoms with Gasteiger partial charge in [-0.15, -0.1) is 11.3 Å². The molecule has 3 rings (SSSR count). The number of aromatic nitrogens is 3. The minimum atomic E-state index is -4.41. The predicted molar refractivity (Wildman–Crippen MR) is 92.1 cm³/mol. The third kappa shape index (κ3) is 3.72. The van der Waals surface area contributed by atoms with Crippen molar-refractivity contribution in [2.75, 3.05) is 11.9 Å². The van der Waals surface area contributed by atoms with Gasteiger partial charge in [0.1, 0.15) is 5.69 Å². The number of anilines is 1. The fourth-order valence-corrected chi connectivity index (χ4v) is 2.91. The second-order valence-corrected chi connectivity index (χ2v) is 6.70. The quantitative estimate of drug-likeness (QED) is 0.685. The zero-order valence-corrected chi connectivity index (χ0v) is 14.6. The van der Waals surface area contributed by atoms with Gasteiger partial charge in [-0.1, -0.05) is 12.1 Å². The molecular formula is C17H13F3N4OS. The molecule has 1 aromatic carbocycles. The molecule has 0 spiro atoms. The van der Waals surface area contributed by atoms with Gasteiger partial charge in [0.05, 0.1) is 23.7 Å². The monoisotopic (exact) mass is 378 g/mol. The molecule has 0 fully saturated rings. The predicted octanol–water partition coefficient (Wildman–Crippen LogP) is 4.20. The van der Waals surface area contributed by atoms with Crippen molar-refractivity contribution in [1.82, 2.24) is 15.0 Å². The van der Waals surface area contributed by atoms with Crippen molar-refractivity contribution in [3.63, 3.8) is 0 Å². The molecule has 3 aromatic rings. The maximum Gasteiger partial charge on any atom is 0.416 e. The van der Waals surface area contributed by atoms with Gasteiger partial charge in [0.2, 0.25) is 0 Å². The van der Waals surface area contributed by atoms with Crippen molar-refractivity contribution < 1.29 is 18.0 Å². The van der Waals surface area contributed by atoms with Gasteiger partial charge in [-0.05, 0) is 19.1 Å². The fourth-order valence-electron chi connectivity index (χ4n) is 2.19. The smallest absolute Gasteiger partial charge is 0.286 e. The Hall–Kier alpha value is -2.81. The molecule has 9 heteroatoms. The van der Waals surface area contributed by atoms with Crippen LogP contribution in [-0.2, 0) is 6.18 Å². The van der Waals surface area contributed by atoms with Gasteiger partial charge in [0.15, 0.2) is 5.13 Å². The standard InChI is InChI=1S/C17H13F3N4OS/c1-10-7-22-16(26-10)24(2)15(25)14-9-21-8-13(23-14)11-3-5-12(6-4-11)17(18,19)20/h3-9H,1-2H3. The van der Waals surface area contributed by atoms with Gasteiger partial charge < -0.3 is 0 Å². The van der Waals surface area contributed by atoms with Crippen molar-refractivity contribution in [1.29, 1.82) is 0 Å². The van der Waals surface area contributed by atoms with E-state index < -0.39 is 17.6 Å². The summed E-state index contributed by atoms with van der Waals surface area (Å²) in [5.74, 6) is -0.402. The molecule has 134 valence electrons. The van der Waals surface area contributed by atoms with Gasteiger partial charge in [0, 0.05) is 23.7 Å². The summed E-state index contributed by atoms with van der Waals surface area (Å²) in [7, 11) is 1.58. The summed E-state index contributed by atoms with van der Waals surface area (Å²) in [6, 6.07) is 4.54. The van der Waals surface area contributed by atoms with Gasteiger partial charge in [0.25, 0.3) is 5.91 Å². The molecule has 0 aliphatic rings. The highest BCUT2D eigenvalue weighted by Gasteiger charge is 2.30. The summed E-state index contributed by atoms with van der Waals surface area (Å²) in [4.78, 5) is 27.2. The summed E-state index contributed by atoms with van der Waals surface area (Å²) in [6.07, 6.45) is -0.0372. The Morgan fingerprint density at radius 2 is 1.81 bits per heavy atom. The average molecular weight is 378 g/mol. The van der Waals surface area contributed by atoms with Crippen molar-refractivity contribution in [3.05, 3.63) is 59.0 Å². The summed E-state index contributed by atoms with van der Waals surface area (Å²) in [6.45, 7) is 1.88. The highest BCUT2D eigenvalue weighted by Crippen LogP contribution is 2.30. The highest BCUT2D eigenvalue weighted by atomic mass is 32.1. The molecule has 0 bridgehead atoms.